The Morgan fingerprint density at radius 2 is 1.74 bits per heavy atom. The third-order valence-electron chi connectivity index (χ3n) is 3.96. The summed E-state index contributed by atoms with van der Waals surface area (Å²) in [6.07, 6.45) is 4.93. The number of benzene rings is 1. The van der Waals surface area contributed by atoms with Crippen molar-refractivity contribution in [3.63, 3.8) is 0 Å². The molecule has 0 fully saturated rings. The van der Waals surface area contributed by atoms with Gasteiger partial charge in [0.05, 0.1) is 12.8 Å². The van der Waals surface area contributed by atoms with Crippen LogP contribution in [0, 0.1) is 11.6 Å². The lowest BCUT2D eigenvalue weighted by molar-refractivity contribution is 0.485. The molecule has 1 aromatic carbocycles. The van der Waals surface area contributed by atoms with Gasteiger partial charge in [0.2, 0.25) is 0 Å². The summed E-state index contributed by atoms with van der Waals surface area (Å²) < 4.78 is 35.1. The van der Waals surface area contributed by atoms with Crippen LogP contribution in [0.25, 0.3) is 11.4 Å². The van der Waals surface area contributed by atoms with Crippen molar-refractivity contribution in [2.45, 2.75) is 17.5 Å². The molecule has 0 spiro atoms. The maximum Gasteiger partial charge on any atom is 0.192 e. The lowest BCUT2D eigenvalue weighted by Crippen LogP contribution is -2.04. The number of hydrogen-bond donors (Lipinski definition) is 0. The Kier molecular flexibility index (Phi) is 4.97. The highest BCUT2D eigenvalue weighted by atomic mass is 32.2. The Balaban J connectivity index is 1.67. The van der Waals surface area contributed by atoms with Gasteiger partial charge in [0.1, 0.15) is 17.4 Å². The number of nitrogens with zero attached hydrogens (tertiary/aromatic N) is 4. The van der Waals surface area contributed by atoms with E-state index in [-0.39, 0.29) is 11.3 Å². The van der Waals surface area contributed by atoms with Crippen molar-refractivity contribution in [3.05, 3.63) is 84.1 Å². The van der Waals surface area contributed by atoms with Gasteiger partial charge in [0, 0.05) is 29.3 Å². The summed E-state index contributed by atoms with van der Waals surface area (Å²) in [5, 5.41) is 9.02. The molecule has 0 unspecified atom stereocenters. The van der Waals surface area contributed by atoms with Crippen molar-refractivity contribution in [3.8, 4) is 11.4 Å². The van der Waals surface area contributed by atoms with Gasteiger partial charge in [-0.3, -0.25) is 9.55 Å². The van der Waals surface area contributed by atoms with Crippen molar-refractivity contribution in [2.75, 3.05) is 0 Å². The molecule has 0 aliphatic carbocycles. The molecule has 5 nitrogen and oxygen atoms in total. The minimum Gasteiger partial charge on any atom is -0.467 e. The van der Waals surface area contributed by atoms with Gasteiger partial charge in [-0.05, 0) is 36.4 Å². The molecule has 0 atom stereocenters. The van der Waals surface area contributed by atoms with Crippen LogP contribution < -0.4 is 0 Å². The average molecular weight is 384 g/mol. The van der Waals surface area contributed by atoms with E-state index in [4.69, 9.17) is 4.42 Å². The summed E-state index contributed by atoms with van der Waals surface area (Å²) in [7, 11) is 0. The first kappa shape index (κ1) is 17.4. The molecule has 4 aromatic rings. The predicted molar refractivity (Wildman–Crippen MR) is 97.0 cm³/mol. The van der Waals surface area contributed by atoms with E-state index in [1.807, 2.05) is 22.8 Å². The standard InChI is InChI=1S/C19H14F2N4OS/c20-16-4-1-5-17(21)15(16)12-27-19-24-23-18(13-6-8-22-9-7-13)25(19)11-14-3-2-10-26-14/h1-10H,11-12H2. The number of aromatic nitrogens is 4. The maximum absolute atomic E-state index is 13.9. The quantitative estimate of drug-likeness (QED) is 0.457. The molecule has 0 bridgehead atoms. The highest BCUT2D eigenvalue weighted by Crippen LogP contribution is 2.28. The van der Waals surface area contributed by atoms with Gasteiger partial charge in [-0.2, -0.15) is 0 Å². The van der Waals surface area contributed by atoms with Gasteiger partial charge in [0.15, 0.2) is 11.0 Å². The first-order chi connectivity index (χ1) is 13.2. The van der Waals surface area contributed by atoms with E-state index >= 15 is 0 Å². The van der Waals surface area contributed by atoms with Gasteiger partial charge in [-0.15, -0.1) is 10.2 Å². The van der Waals surface area contributed by atoms with Crippen LogP contribution in [0.15, 0.2) is 70.7 Å². The zero-order valence-corrected chi connectivity index (χ0v) is 14.9. The van der Waals surface area contributed by atoms with Crippen LogP contribution in [0.5, 0.6) is 0 Å². The third-order valence-corrected chi connectivity index (χ3v) is 4.95. The summed E-state index contributed by atoms with van der Waals surface area (Å²) in [6.45, 7) is 0.403. The molecular formula is C19H14F2N4OS. The molecule has 0 radical (unpaired) electrons. The topological polar surface area (TPSA) is 56.7 Å². The SMILES string of the molecule is Fc1cccc(F)c1CSc1nnc(-c2ccncc2)n1Cc1ccco1. The maximum atomic E-state index is 13.9. The highest BCUT2D eigenvalue weighted by Gasteiger charge is 2.17. The number of pyridine rings is 1. The fourth-order valence-corrected chi connectivity index (χ4v) is 3.57. The van der Waals surface area contributed by atoms with Crippen molar-refractivity contribution >= 4 is 11.8 Å². The Hall–Kier alpha value is -3.00. The number of rotatable bonds is 6. The number of thioether (sulfide) groups is 1. The summed E-state index contributed by atoms with van der Waals surface area (Å²) in [4.78, 5) is 4.01. The Bertz CT molecular complexity index is 1020. The van der Waals surface area contributed by atoms with E-state index in [0.29, 0.717) is 17.5 Å². The van der Waals surface area contributed by atoms with Crippen LogP contribution in [0.1, 0.15) is 11.3 Å². The van der Waals surface area contributed by atoms with E-state index in [1.54, 1.807) is 24.7 Å². The van der Waals surface area contributed by atoms with Crippen LogP contribution in [0.2, 0.25) is 0 Å². The molecule has 136 valence electrons. The van der Waals surface area contributed by atoms with Gasteiger partial charge in [0.25, 0.3) is 0 Å². The molecule has 0 N–H and O–H groups in total. The van der Waals surface area contributed by atoms with E-state index in [9.17, 15) is 8.78 Å². The molecule has 0 aliphatic rings. The Morgan fingerprint density at radius 3 is 2.44 bits per heavy atom. The molecule has 0 saturated heterocycles. The van der Waals surface area contributed by atoms with Crippen molar-refractivity contribution in [2.24, 2.45) is 0 Å². The summed E-state index contributed by atoms with van der Waals surface area (Å²) in [5.74, 6) is 0.308. The lowest BCUT2D eigenvalue weighted by Gasteiger charge is -2.09. The first-order valence-corrected chi connectivity index (χ1v) is 9.12. The van der Waals surface area contributed by atoms with Crippen molar-refractivity contribution < 1.29 is 13.2 Å². The van der Waals surface area contributed by atoms with Gasteiger partial charge >= 0.3 is 0 Å². The second-order valence-corrected chi connectivity index (χ2v) is 6.64. The van der Waals surface area contributed by atoms with Crippen LogP contribution in [0.3, 0.4) is 0 Å². The molecule has 0 amide bonds. The minimum absolute atomic E-state index is 0.0144. The minimum atomic E-state index is -0.575. The molecule has 0 saturated carbocycles. The zero-order valence-electron chi connectivity index (χ0n) is 14.0. The van der Waals surface area contributed by atoms with Gasteiger partial charge in [-0.25, -0.2) is 8.78 Å². The smallest absolute Gasteiger partial charge is 0.192 e. The Morgan fingerprint density at radius 1 is 0.963 bits per heavy atom. The van der Waals surface area contributed by atoms with Crippen LogP contribution in [-0.4, -0.2) is 19.7 Å². The number of halogens is 2. The van der Waals surface area contributed by atoms with E-state index in [1.165, 1.54) is 30.0 Å². The first-order valence-electron chi connectivity index (χ1n) is 8.14. The van der Waals surface area contributed by atoms with E-state index in [2.05, 4.69) is 15.2 Å². The summed E-state index contributed by atoms with van der Waals surface area (Å²) >= 11 is 1.22. The van der Waals surface area contributed by atoms with E-state index < -0.39 is 11.6 Å². The fraction of sp³-hybridized carbons (Fsp3) is 0.105. The molecule has 3 heterocycles. The molecule has 0 aliphatic heterocycles. The van der Waals surface area contributed by atoms with Crippen LogP contribution >= 0.6 is 11.8 Å². The predicted octanol–water partition coefficient (Wildman–Crippen LogP) is 4.55. The van der Waals surface area contributed by atoms with E-state index in [0.717, 1.165) is 11.3 Å². The molecule has 4 rings (SSSR count). The molecule has 3 aromatic heterocycles. The molecule has 27 heavy (non-hydrogen) atoms. The summed E-state index contributed by atoms with van der Waals surface area (Å²) in [6, 6.07) is 11.1. The molecular weight excluding hydrogens is 370 g/mol. The van der Waals surface area contributed by atoms with Crippen molar-refractivity contribution in [1.29, 1.82) is 0 Å². The van der Waals surface area contributed by atoms with Gasteiger partial charge < -0.3 is 4.42 Å². The van der Waals surface area contributed by atoms with Crippen LogP contribution in [-0.2, 0) is 12.3 Å². The zero-order chi connectivity index (χ0) is 18.6. The second kappa shape index (κ2) is 7.71. The second-order valence-electron chi connectivity index (χ2n) is 5.70. The largest absolute Gasteiger partial charge is 0.467 e. The van der Waals surface area contributed by atoms with Crippen molar-refractivity contribution in [1.82, 2.24) is 19.7 Å². The van der Waals surface area contributed by atoms with Crippen LogP contribution in [0.4, 0.5) is 8.78 Å². The Labute approximate surface area is 158 Å². The third kappa shape index (κ3) is 3.75. The summed E-state index contributed by atoms with van der Waals surface area (Å²) in [5.41, 5.74) is 0.855. The lowest BCUT2D eigenvalue weighted by atomic mass is 10.2. The molecule has 8 heteroatoms. The van der Waals surface area contributed by atoms with Gasteiger partial charge in [-0.1, -0.05) is 17.8 Å². The average Bonchev–Trinajstić information content (AvgIpc) is 3.33. The normalized spacial score (nSPS) is 11.0. The number of hydrogen-bond acceptors (Lipinski definition) is 5. The fourth-order valence-electron chi connectivity index (χ4n) is 2.62. The number of furan rings is 1. The monoisotopic (exact) mass is 384 g/mol. The highest BCUT2D eigenvalue weighted by molar-refractivity contribution is 7.98.